The van der Waals surface area contributed by atoms with Gasteiger partial charge in [-0.25, -0.2) is 4.39 Å². The van der Waals surface area contributed by atoms with E-state index in [1.807, 2.05) is 0 Å². The number of rotatable bonds is 2. The Morgan fingerprint density at radius 1 is 1.31 bits per heavy atom. The Morgan fingerprint density at radius 3 is 2.46 bits per heavy atom. The number of aldehydes is 2. The summed E-state index contributed by atoms with van der Waals surface area (Å²) in [6.45, 7) is 0. The van der Waals surface area contributed by atoms with Gasteiger partial charge in [-0.2, -0.15) is 5.26 Å². The van der Waals surface area contributed by atoms with Gasteiger partial charge in [0.25, 0.3) is 0 Å². The van der Waals surface area contributed by atoms with Crippen molar-refractivity contribution in [1.82, 2.24) is 0 Å². The molecule has 0 radical (unpaired) electrons. The molecule has 0 aromatic heterocycles. The molecule has 0 heterocycles. The maximum atomic E-state index is 12.9. The van der Waals surface area contributed by atoms with E-state index in [1.165, 1.54) is 6.07 Å². The molecule has 0 spiro atoms. The molecule has 64 valence electrons. The first-order valence-corrected chi connectivity index (χ1v) is 3.37. The molecule has 1 rings (SSSR count). The van der Waals surface area contributed by atoms with Crippen LogP contribution in [0.2, 0.25) is 0 Å². The number of carbonyl (C=O) groups is 2. The first kappa shape index (κ1) is 9.07. The number of benzene rings is 1. The van der Waals surface area contributed by atoms with E-state index in [1.54, 1.807) is 6.07 Å². The lowest BCUT2D eigenvalue weighted by atomic mass is 10.1. The number of nitrogens with zero attached hydrogens (tertiary/aromatic N) is 1. The third-order valence-electron chi connectivity index (χ3n) is 1.52. The molecular formula is C9H4FNO2. The molecule has 1 aromatic carbocycles. The molecule has 0 atom stereocenters. The number of nitriles is 1. The summed E-state index contributed by atoms with van der Waals surface area (Å²) in [6, 6.07) is 3.63. The molecule has 1 aromatic rings. The van der Waals surface area contributed by atoms with Gasteiger partial charge in [0, 0.05) is 11.1 Å². The molecule has 0 N–H and O–H groups in total. The molecule has 0 fully saturated rings. The van der Waals surface area contributed by atoms with Crippen LogP contribution in [0.1, 0.15) is 26.3 Å². The number of hydrogen-bond acceptors (Lipinski definition) is 3. The zero-order valence-electron chi connectivity index (χ0n) is 6.45. The Balaban J connectivity index is 3.48. The topological polar surface area (TPSA) is 57.9 Å². The highest BCUT2D eigenvalue weighted by atomic mass is 19.1. The predicted molar refractivity (Wildman–Crippen MR) is 41.9 cm³/mol. The molecule has 0 amide bonds. The van der Waals surface area contributed by atoms with Crippen molar-refractivity contribution in [2.24, 2.45) is 0 Å². The molecule has 0 unspecified atom stereocenters. The van der Waals surface area contributed by atoms with Crippen LogP contribution >= 0.6 is 0 Å². The van der Waals surface area contributed by atoms with Gasteiger partial charge in [0.15, 0.2) is 6.29 Å². The third kappa shape index (κ3) is 1.59. The van der Waals surface area contributed by atoms with E-state index in [0.29, 0.717) is 12.6 Å². The van der Waals surface area contributed by atoms with Crippen LogP contribution in [0.25, 0.3) is 0 Å². The van der Waals surface area contributed by atoms with Crippen molar-refractivity contribution >= 4 is 12.6 Å². The second kappa shape index (κ2) is 3.59. The molecule has 0 aliphatic carbocycles. The molecule has 0 saturated heterocycles. The fourth-order valence-corrected chi connectivity index (χ4v) is 0.929. The second-order valence-corrected chi connectivity index (χ2v) is 2.31. The van der Waals surface area contributed by atoms with Crippen LogP contribution < -0.4 is 0 Å². The lowest BCUT2D eigenvalue weighted by Crippen LogP contribution is -1.95. The van der Waals surface area contributed by atoms with E-state index in [4.69, 9.17) is 5.26 Å². The zero-order chi connectivity index (χ0) is 9.84. The van der Waals surface area contributed by atoms with Gasteiger partial charge in [-0.05, 0) is 12.1 Å². The van der Waals surface area contributed by atoms with Gasteiger partial charge in [0.1, 0.15) is 18.2 Å². The average Bonchev–Trinajstić information content (AvgIpc) is 2.16. The lowest BCUT2D eigenvalue weighted by molar-refractivity contribution is 0.112. The van der Waals surface area contributed by atoms with Gasteiger partial charge in [0.2, 0.25) is 0 Å². The Morgan fingerprint density at radius 2 is 2.00 bits per heavy atom. The maximum Gasteiger partial charge on any atom is 0.151 e. The lowest BCUT2D eigenvalue weighted by Gasteiger charge is -1.98. The highest BCUT2D eigenvalue weighted by Crippen LogP contribution is 2.13. The highest BCUT2D eigenvalue weighted by molar-refractivity contribution is 5.84. The first-order valence-electron chi connectivity index (χ1n) is 3.37. The van der Waals surface area contributed by atoms with Crippen LogP contribution in [0.3, 0.4) is 0 Å². The SMILES string of the molecule is N#Cc1c(F)cc(C=O)cc1C=O. The standard InChI is InChI=1S/C9H4FNO2/c10-9-2-6(4-12)1-7(5-13)8(9)3-11/h1-2,4-5H. The van der Waals surface area contributed by atoms with Gasteiger partial charge in [0.05, 0.1) is 5.56 Å². The van der Waals surface area contributed by atoms with E-state index in [-0.39, 0.29) is 16.7 Å². The fraction of sp³-hybridized carbons (Fsp3) is 0. The summed E-state index contributed by atoms with van der Waals surface area (Å²) in [5, 5.41) is 8.46. The Kier molecular flexibility index (Phi) is 2.50. The summed E-state index contributed by atoms with van der Waals surface area (Å²) in [6.07, 6.45) is 0.756. The zero-order valence-corrected chi connectivity index (χ0v) is 6.45. The second-order valence-electron chi connectivity index (χ2n) is 2.31. The molecule has 13 heavy (non-hydrogen) atoms. The van der Waals surface area contributed by atoms with Crippen molar-refractivity contribution in [2.45, 2.75) is 0 Å². The summed E-state index contributed by atoms with van der Waals surface area (Å²) >= 11 is 0. The van der Waals surface area contributed by atoms with Crippen molar-refractivity contribution < 1.29 is 14.0 Å². The van der Waals surface area contributed by atoms with Crippen LogP contribution in [0.4, 0.5) is 4.39 Å². The van der Waals surface area contributed by atoms with Gasteiger partial charge in [-0.1, -0.05) is 0 Å². The summed E-state index contributed by atoms with van der Waals surface area (Å²) in [4.78, 5) is 20.6. The number of carbonyl (C=O) groups excluding carboxylic acids is 2. The predicted octanol–water partition coefficient (Wildman–Crippen LogP) is 1.32. The van der Waals surface area contributed by atoms with Crippen molar-refractivity contribution in [2.75, 3.05) is 0 Å². The van der Waals surface area contributed by atoms with Crippen LogP contribution in [-0.4, -0.2) is 12.6 Å². The quantitative estimate of drug-likeness (QED) is 0.640. The van der Waals surface area contributed by atoms with Crippen LogP contribution in [0, 0.1) is 17.1 Å². The van der Waals surface area contributed by atoms with E-state index in [9.17, 15) is 14.0 Å². The molecule has 0 saturated carbocycles. The minimum absolute atomic E-state index is 0.0404. The molecule has 0 aliphatic rings. The molecular weight excluding hydrogens is 173 g/mol. The summed E-state index contributed by atoms with van der Waals surface area (Å²) in [7, 11) is 0. The smallest absolute Gasteiger partial charge is 0.151 e. The minimum atomic E-state index is -0.853. The van der Waals surface area contributed by atoms with Crippen molar-refractivity contribution in [3.05, 3.63) is 34.6 Å². The minimum Gasteiger partial charge on any atom is -0.298 e. The van der Waals surface area contributed by atoms with Crippen molar-refractivity contribution in [3.8, 4) is 6.07 Å². The van der Waals surface area contributed by atoms with Gasteiger partial charge >= 0.3 is 0 Å². The summed E-state index contributed by atoms with van der Waals surface area (Å²) in [5.41, 5.74) is -0.399. The fourth-order valence-electron chi connectivity index (χ4n) is 0.929. The molecule has 3 nitrogen and oxygen atoms in total. The summed E-state index contributed by atoms with van der Waals surface area (Å²) in [5.74, 6) is -0.853. The third-order valence-corrected chi connectivity index (χ3v) is 1.52. The van der Waals surface area contributed by atoms with E-state index >= 15 is 0 Å². The van der Waals surface area contributed by atoms with Gasteiger partial charge in [-0.15, -0.1) is 0 Å². The largest absolute Gasteiger partial charge is 0.298 e. The van der Waals surface area contributed by atoms with Crippen LogP contribution in [-0.2, 0) is 0 Å². The summed E-state index contributed by atoms with van der Waals surface area (Å²) < 4.78 is 12.9. The average molecular weight is 177 g/mol. The van der Waals surface area contributed by atoms with Crippen LogP contribution in [0.5, 0.6) is 0 Å². The van der Waals surface area contributed by atoms with Crippen molar-refractivity contribution in [1.29, 1.82) is 5.26 Å². The maximum absolute atomic E-state index is 12.9. The molecule has 0 aliphatic heterocycles. The van der Waals surface area contributed by atoms with E-state index in [2.05, 4.69) is 0 Å². The Hall–Kier alpha value is -2.02. The van der Waals surface area contributed by atoms with E-state index < -0.39 is 5.82 Å². The van der Waals surface area contributed by atoms with Gasteiger partial charge in [-0.3, -0.25) is 9.59 Å². The Labute approximate surface area is 73.4 Å². The molecule has 4 heteroatoms. The number of halogens is 1. The highest BCUT2D eigenvalue weighted by Gasteiger charge is 2.09. The van der Waals surface area contributed by atoms with Crippen LogP contribution in [0.15, 0.2) is 12.1 Å². The molecule has 0 bridgehead atoms. The van der Waals surface area contributed by atoms with E-state index in [0.717, 1.165) is 6.07 Å². The van der Waals surface area contributed by atoms with Gasteiger partial charge < -0.3 is 0 Å². The monoisotopic (exact) mass is 177 g/mol. The first-order chi connectivity index (χ1) is 6.22. The number of hydrogen-bond donors (Lipinski definition) is 0. The Bertz CT molecular complexity index is 407. The normalized spacial score (nSPS) is 8.92. The van der Waals surface area contributed by atoms with Crippen molar-refractivity contribution in [3.63, 3.8) is 0 Å².